The number of morpholine rings is 1. The van der Waals surface area contributed by atoms with Crippen molar-refractivity contribution < 1.29 is 17.9 Å². The lowest BCUT2D eigenvalue weighted by atomic mass is 10.1. The standard InChI is InChI=1S/C18H27N3O4S/c19-17-6-5-14(11-17)18(22)20-12-15-3-1-2-4-16(15)13-26(23,24)21-7-9-25-10-8-21/h1-4,14,17H,5-13,19H2,(H,20,22). The molecule has 1 aromatic rings. The fourth-order valence-electron chi connectivity index (χ4n) is 3.56. The number of amides is 1. The highest BCUT2D eigenvalue weighted by Gasteiger charge is 2.28. The molecule has 1 amide bonds. The Labute approximate surface area is 154 Å². The van der Waals surface area contributed by atoms with Gasteiger partial charge in [0, 0.05) is 31.6 Å². The van der Waals surface area contributed by atoms with Gasteiger partial charge in [0.15, 0.2) is 0 Å². The maximum atomic E-state index is 12.7. The molecule has 3 N–H and O–H groups in total. The Bertz CT molecular complexity index is 732. The molecule has 2 atom stereocenters. The minimum Gasteiger partial charge on any atom is -0.379 e. The second-order valence-corrected chi connectivity index (χ2v) is 8.99. The molecule has 1 saturated heterocycles. The first kappa shape index (κ1) is 19.3. The van der Waals surface area contributed by atoms with Gasteiger partial charge in [-0.25, -0.2) is 8.42 Å². The minimum atomic E-state index is -3.40. The van der Waals surface area contributed by atoms with Crippen molar-refractivity contribution in [1.29, 1.82) is 0 Å². The van der Waals surface area contributed by atoms with E-state index in [9.17, 15) is 13.2 Å². The van der Waals surface area contributed by atoms with Gasteiger partial charge < -0.3 is 15.8 Å². The first-order valence-electron chi connectivity index (χ1n) is 9.11. The van der Waals surface area contributed by atoms with E-state index in [0.29, 0.717) is 32.8 Å². The predicted molar refractivity (Wildman–Crippen MR) is 98.6 cm³/mol. The van der Waals surface area contributed by atoms with E-state index in [2.05, 4.69) is 5.32 Å². The zero-order valence-corrected chi connectivity index (χ0v) is 15.7. The molecule has 0 bridgehead atoms. The molecule has 1 aliphatic heterocycles. The summed E-state index contributed by atoms with van der Waals surface area (Å²) in [6.45, 7) is 1.98. The number of nitrogens with two attached hydrogens (primary N) is 1. The minimum absolute atomic E-state index is 0.00351. The number of sulfonamides is 1. The molecule has 3 rings (SSSR count). The van der Waals surface area contributed by atoms with Gasteiger partial charge in [0.25, 0.3) is 0 Å². The fraction of sp³-hybridized carbons (Fsp3) is 0.611. The van der Waals surface area contributed by atoms with Crippen LogP contribution in [0.5, 0.6) is 0 Å². The molecule has 1 aliphatic carbocycles. The van der Waals surface area contributed by atoms with Crippen molar-refractivity contribution in [2.75, 3.05) is 26.3 Å². The highest BCUT2D eigenvalue weighted by atomic mass is 32.2. The first-order chi connectivity index (χ1) is 12.5. The normalized spacial score (nSPS) is 24.5. The van der Waals surface area contributed by atoms with Crippen LogP contribution in [0.3, 0.4) is 0 Å². The number of ether oxygens (including phenoxy) is 1. The van der Waals surface area contributed by atoms with Gasteiger partial charge in [-0.1, -0.05) is 24.3 Å². The fourth-order valence-corrected chi connectivity index (χ4v) is 5.13. The zero-order valence-electron chi connectivity index (χ0n) is 14.9. The van der Waals surface area contributed by atoms with Crippen LogP contribution in [0, 0.1) is 5.92 Å². The van der Waals surface area contributed by atoms with Crippen molar-refractivity contribution in [3.8, 4) is 0 Å². The number of rotatable bonds is 6. The largest absolute Gasteiger partial charge is 0.379 e. The van der Waals surface area contributed by atoms with Crippen LogP contribution in [0.15, 0.2) is 24.3 Å². The molecular formula is C18H27N3O4S. The van der Waals surface area contributed by atoms with Crippen LogP contribution < -0.4 is 11.1 Å². The zero-order chi connectivity index (χ0) is 18.6. The van der Waals surface area contributed by atoms with Crippen LogP contribution in [0.25, 0.3) is 0 Å². The molecule has 2 unspecified atom stereocenters. The van der Waals surface area contributed by atoms with Crippen molar-refractivity contribution in [3.63, 3.8) is 0 Å². The van der Waals surface area contributed by atoms with E-state index < -0.39 is 10.0 Å². The van der Waals surface area contributed by atoms with Gasteiger partial charge in [0.2, 0.25) is 15.9 Å². The number of nitrogens with one attached hydrogen (secondary N) is 1. The lowest BCUT2D eigenvalue weighted by Gasteiger charge is -2.26. The highest BCUT2D eigenvalue weighted by molar-refractivity contribution is 7.88. The van der Waals surface area contributed by atoms with Gasteiger partial charge in [-0.15, -0.1) is 0 Å². The average Bonchev–Trinajstić information content (AvgIpc) is 3.08. The molecule has 1 saturated carbocycles. The number of nitrogens with zero attached hydrogens (tertiary/aromatic N) is 1. The van der Waals surface area contributed by atoms with Crippen LogP contribution >= 0.6 is 0 Å². The highest BCUT2D eigenvalue weighted by Crippen LogP contribution is 2.24. The summed E-state index contributed by atoms with van der Waals surface area (Å²) in [5.41, 5.74) is 7.43. The first-order valence-corrected chi connectivity index (χ1v) is 10.7. The van der Waals surface area contributed by atoms with E-state index in [1.54, 1.807) is 0 Å². The Morgan fingerprint density at radius 2 is 1.88 bits per heavy atom. The van der Waals surface area contributed by atoms with Gasteiger partial charge in [-0.2, -0.15) is 4.31 Å². The third kappa shape index (κ3) is 4.82. The maximum absolute atomic E-state index is 12.7. The third-order valence-electron chi connectivity index (χ3n) is 5.12. The molecule has 0 aromatic heterocycles. The Hall–Kier alpha value is -1.48. The van der Waals surface area contributed by atoms with Gasteiger partial charge >= 0.3 is 0 Å². The van der Waals surface area contributed by atoms with Gasteiger partial charge in [-0.3, -0.25) is 4.79 Å². The second kappa shape index (κ2) is 8.47. The number of carbonyl (C=O) groups is 1. The summed E-state index contributed by atoms with van der Waals surface area (Å²) in [7, 11) is -3.40. The second-order valence-electron chi connectivity index (χ2n) is 7.02. The van der Waals surface area contributed by atoms with E-state index in [1.807, 2.05) is 24.3 Å². The van der Waals surface area contributed by atoms with E-state index >= 15 is 0 Å². The molecule has 0 radical (unpaired) electrons. The summed E-state index contributed by atoms with van der Waals surface area (Å²) in [6, 6.07) is 7.47. The van der Waals surface area contributed by atoms with Crippen molar-refractivity contribution in [2.45, 2.75) is 37.6 Å². The van der Waals surface area contributed by atoms with Crippen LogP contribution in [0.1, 0.15) is 30.4 Å². The van der Waals surface area contributed by atoms with Crippen LogP contribution in [-0.2, 0) is 31.9 Å². The summed E-state index contributed by atoms with van der Waals surface area (Å²) in [6.07, 6.45) is 2.42. The topological polar surface area (TPSA) is 102 Å². The number of benzene rings is 1. The molecule has 144 valence electrons. The summed E-state index contributed by atoms with van der Waals surface area (Å²) in [5.74, 6) is -0.0918. The number of hydrogen-bond donors (Lipinski definition) is 2. The van der Waals surface area contributed by atoms with Gasteiger partial charge in [0.05, 0.1) is 19.0 Å². The molecule has 2 aliphatic rings. The molecule has 2 fully saturated rings. The molecule has 1 heterocycles. The average molecular weight is 381 g/mol. The summed E-state index contributed by atoms with van der Waals surface area (Å²) in [4.78, 5) is 12.3. The van der Waals surface area contributed by atoms with Crippen LogP contribution in [0.2, 0.25) is 0 Å². The molecule has 1 aromatic carbocycles. The lowest BCUT2D eigenvalue weighted by molar-refractivity contribution is -0.125. The van der Waals surface area contributed by atoms with E-state index in [0.717, 1.165) is 30.4 Å². The Morgan fingerprint density at radius 1 is 1.19 bits per heavy atom. The summed E-state index contributed by atoms with van der Waals surface area (Å²) >= 11 is 0. The Balaban J connectivity index is 1.63. The molecule has 7 nitrogen and oxygen atoms in total. The SMILES string of the molecule is NC1CCC(C(=O)NCc2ccccc2CS(=O)(=O)N2CCOCC2)C1. The van der Waals surface area contributed by atoms with E-state index in [1.165, 1.54) is 4.31 Å². The van der Waals surface area contributed by atoms with E-state index in [4.69, 9.17) is 10.5 Å². The number of carbonyl (C=O) groups excluding carboxylic acids is 1. The van der Waals surface area contributed by atoms with Gasteiger partial charge in [0.1, 0.15) is 0 Å². The van der Waals surface area contributed by atoms with Crippen molar-refractivity contribution >= 4 is 15.9 Å². The van der Waals surface area contributed by atoms with Gasteiger partial charge in [-0.05, 0) is 30.4 Å². The van der Waals surface area contributed by atoms with E-state index in [-0.39, 0.29) is 23.6 Å². The number of hydrogen-bond acceptors (Lipinski definition) is 5. The predicted octanol–water partition coefficient (Wildman–Crippen LogP) is 0.592. The Morgan fingerprint density at radius 3 is 2.54 bits per heavy atom. The molecular weight excluding hydrogens is 354 g/mol. The van der Waals surface area contributed by atoms with Crippen LogP contribution in [-0.4, -0.2) is 51.0 Å². The smallest absolute Gasteiger partial charge is 0.223 e. The third-order valence-corrected chi connectivity index (χ3v) is 6.94. The molecule has 8 heteroatoms. The quantitative estimate of drug-likeness (QED) is 0.751. The van der Waals surface area contributed by atoms with Crippen molar-refractivity contribution in [2.24, 2.45) is 11.7 Å². The van der Waals surface area contributed by atoms with Crippen molar-refractivity contribution in [3.05, 3.63) is 35.4 Å². The lowest BCUT2D eigenvalue weighted by Crippen LogP contribution is -2.41. The summed E-state index contributed by atoms with van der Waals surface area (Å²) < 4.78 is 32.0. The molecule has 26 heavy (non-hydrogen) atoms. The van der Waals surface area contributed by atoms with Crippen molar-refractivity contribution in [1.82, 2.24) is 9.62 Å². The monoisotopic (exact) mass is 381 g/mol. The Kier molecular flexibility index (Phi) is 6.29. The van der Waals surface area contributed by atoms with Crippen LogP contribution in [0.4, 0.5) is 0 Å². The molecule has 0 spiro atoms. The maximum Gasteiger partial charge on any atom is 0.223 e. The summed E-state index contributed by atoms with van der Waals surface area (Å²) in [5, 5.41) is 2.94.